The molecule has 0 aromatic heterocycles. The van der Waals surface area contributed by atoms with Crippen molar-refractivity contribution in [2.24, 2.45) is 4.99 Å². The summed E-state index contributed by atoms with van der Waals surface area (Å²) in [5.74, 6) is 0.670. The molecule has 1 aliphatic heterocycles. The van der Waals surface area contributed by atoms with Gasteiger partial charge in [0.15, 0.2) is 11.6 Å². The minimum atomic E-state index is -1.48. The maximum Gasteiger partial charge on any atom is 0.306 e. The largest absolute Gasteiger partial charge is 0.497 e. The van der Waals surface area contributed by atoms with E-state index in [1.54, 1.807) is 58.2 Å². The molecule has 0 radical (unpaired) electrons. The topological polar surface area (TPSA) is 128 Å². The summed E-state index contributed by atoms with van der Waals surface area (Å²) in [4.78, 5) is 31.7. The highest BCUT2D eigenvalue weighted by atomic mass is 16.6. The fraction of sp³-hybridized carbons (Fsp3) is 0.516. The van der Waals surface area contributed by atoms with Crippen LogP contribution in [0.5, 0.6) is 11.5 Å². The van der Waals surface area contributed by atoms with E-state index in [1.165, 1.54) is 0 Å². The zero-order valence-corrected chi connectivity index (χ0v) is 24.7. The number of ether oxygens (including phenoxy) is 4. The summed E-state index contributed by atoms with van der Waals surface area (Å²) in [6, 6.07) is 14.5. The van der Waals surface area contributed by atoms with E-state index in [2.05, 4.69) is 17.8 Å². The van der Waals surface area contributed by atoms with Crippen LogP contribution in [0.15, 0.2) is 53.5 Å². The average molecular weight is 570 g/mol. The van der Waals surface area contributed by atoms with Gasteiger partial charge in [-0.1, -0.05) is 25.5 Å². The molecule has 2 aromatic carbocycles. The Hall–Kier alpha value is -3.63. The lowest BCUT2D eigenvalue weighted by Gasteiger charge is -2.31. The first-order chi connectivity index (χ1) is 19.6. The van der Waals surface area contributed by atoms with E-state index >= 15 is 0 Å². The lowest BCUT2D eigenvalue weighted by Crippen LogP contribution is -2.53. The summed E-state index contributed by atoms with van der Waals surface area (Å²) in [5, 5.41) is 9.01. The van der Waals surface area contributed by atoms with Crippen molar-refractivity contribution in [3.63, 3.8) is 0 Å². The lowest BCUT2D eigenvalue weighted by atomic mass is 9.83. The number of unbranched alkanes of at least 4 members (excludes halogenated alkanes) is 1. The number of aliphatic hydroxyl groups excluding tert-OH is 1. The van der Waals surface area contributed by atoms with Gasteiger partial charge in [0.05, 0.1) is 13.7 Å². The van der Waals surface area contributed by atoms with Crippen LogP contribution in [0.25, 0.3) is 0 Å². The van der Waals surface area contributed by atoms with Gasteiger partial charge in [-0.15, -0.1) is 0 Å². The number of carbonyl (C=O) groups excluding carboxylic acids is 2. The standard InChI is InChI=1S/C31H43N3O7/c1-6-7-18-32-34-29(37)31(17-16-26(36)41-30(2,3)4)27(23-10-8-11-25(21-23)38-5)40-28(33-31)22-12-14-24(15-13-22)39-20-9-19-35/h8,10-15,21,27,32,35H,6-7,9,16-20H2,1-5H3,(H,34,37)/t27-,31-/m0/s1. The molecular formula is C31H43N3O7. The van der Waals surface area contributed by atoms with E-state index in [0.717, 1.165) is 12.8 Å². The maximum atomic E-state index is 14.0. The third kappa shape index (κ3) is 8.93. The molecule has 0 saturated carbocycles. The summed E-state index contributed by atoms with van der Waals surface area (Å²) >= 11 is 0. The first-order valence-electron chi connectivity index (χ1n) is 14.1. The predicted molar refractivity (Wildman–Crippen MR) is 156 cm³/mol. The van der Waals surface area contributed by atoms with E-state index in [9.17, 15) is 9.59 Å². The fourth-order valence-electron chi connectivity index (χ4n) is 4.38. The van der Waals surface area contributed by atoms with Crippen molar-refractivity contribution in [1.82, 2.24) is 10.9 Å². The van der Waals surface area contributed by atoms with Crippen LogP contribution in [0.3, 0.4) is 0 Å². The number of hydrogen-bond acceptors (Lipinski definition) is 9. The van der Waals surface area contributed by atoms with Crippen molar-refractivity contribution in [3.8, 4) is 11.5 Å². The number of rotatable bonds is 15. The molecule has 1 heterocycles. The number of amides is 1. The van der Waals surface area contributed by atoms with Crippen molar-refractivity contribution < 1.29 is 33.6 Å². The van der Waals surface area contributed by atoms with Gasteiger partial charge in [-0.05, 0) is 75.6 Å². The van der Waals surface area contributed by atoms with E-state index in [0.29, 0.717) is 42.2 Å². The molecule has 10 nitrogen and oxygen atoms in total. The van der Waals surface area contributed by atoms with Crippen LogP contribution in [0.4, 0.5) is 0 Å². The molecule has 0 spiro atoms. The molecule has 3 rings (SSSR count). The molecule has 0 unspecified atom stereocenters. The highest BCUT2D eigenvalue weighted by molar-refractivity contribution is 6.01. The zero-order chi connectivity index (χ0) is 29.9. The first-order valence-corrected chi connectivity index (χ1v) is 14.1. The lowest BCUT2D eigenvalue weighted by molar-refractivity contribution is -0.155. The average Bonchev–Trinajstić information content (AvgIpc) is 3.35. The van der Waals surface area contributed by atoms with Gasteiger partial charge in [0.25, 0.3) is 5.91 Å². The van der Waals surface area contributed by atoms with Gasteiger partial charge in [0.2, 0.25) is 5.90 Å². The van der Waals surface area contributed by atoms with Gasteiger partial charge in [-0.2, -0.15) is 0 Å². The number of esters is 1. The second-order valence-corrected chi connectivity index (χ2v) is 10.9. The number of aliphatic hydroxyl groups is 1. The van der Waals surface area contributed by atoms with Gasteiger partial charge in [-0.25, -0.2) is 10.4 Å². The van der Waals surface area contributed by atoms with Crippen molar-refractivity contribution in [2.75, 3.05) is 26.9 Å². The van der Waals surface area contributed by atoms with Gasteiger partial charge in [-0.3, -0.25) is 15.0 Å². The second-order valence-electron chi connectivity index (χ2n) is 10.9. The molecule has 3 N–H and O–H groups in total. The van der Waals surface area contributed by atoms with E-state index < -0.39 is 29.1 Å². The Bertz CT molecular complexity index is 1180. The highest BCUT2D eigenvalue weighted by Gasteiger charge is 2.53. The van der Waals surface area contributed by atoms with Crippen molar-refractivity contribution in [3.05, 3.63) is 59.7 Å². The number of hydrazine groups is 1. The van der Waals surface area contributed by atoms with Crippen molar-refractivity contribution in [2.45, 2.75) is 77.0 Å². The summed E-state index contributed by atoms with van der Waals surface area (Å²) in [5.41, 5.74) is 4.99. The summed E-state index contributed by atoms with van der Waals surface area (Å²) < 4.78 is 23.1. The molecule has 0 bridgehead atoms. The quantitative estimate of drug-likeness (QED) is 0.165. The van der Waals surface area contributed by atoms with E-state index in [1.807, 2.05) is 18.2 Å². The van der Waals surface area contributed by atoms with E-state index in [4.69, 9.17) is 29.0 Å². The molecule has 1 aliphatic rings. The van der Waals surface area contributed by atoms with Crippen LogP contribution in [0.1, 0.15) is 77.0 Å². The van der Waals surface area contributed by atoms with Crippen molar-refractivity contribution in [1.29, 1.82) is 0 Å². The Morgan fingerprint density at radius 3 is 2.51 bits per heavy atom. The minimum absolute atomic E-state index is 0.0438. The summed E-state index contributed by atoms with van der Waals surface area (Å²) in [6.07, 6.45) is 1.53. The van der Waals surface area contributed by atoms with Gasteiger partial charge in [0.1, 0.15) is 17.1 Å². The third-order valence-electron chi connectivity index (χ3n) is 6.41. The highest BCUT2D eigenvalue weighted by Crippen LogP contribution is 2.44. The Morgan fingerprint density at radius 1 is 1.10 bits per heavy atom. The van der Waals surface area contributed by atoms with Gasteiger partial charge >= 0.3 is 5.97 Å². The summed E-state index contributed by atoms with van der Waals surface area (Å²) in [7, 11) is 1.57. The molecule has 10 heteroatoms. The smallest absolute Gasteiger partial charge is 0.306 e. The minimum Gasteiger partial charge on any atom is -0.497 e. The fourth-order valence-corrected chi connectivity index (χ4v) is 4.38. The molecule has 1 amide bonds. The molecule has 2 aromatic rings. The molecule has 0 fully saturated rings. The monoisotopic (exact) mass is 569 g/mol. The number of benzene rings is 2. The second kappa shape index (κ2) is 14.8. The molecule has 41 heavy (non-hydrogen) atoms. The molecular weight excluding hydrogens is 526 g/mol. The maximum absolute atomic E-state index is 14.0. The predicted octanol–water partition coefficient (Wildman–Crippen LogP) is 4.26. The number of nitrogens with one attached hydrogen (secondary N) is 2. The Kier molecular flexibility index (Phi) is 11.5. The SMILES string of the molecule is CCCCNNC(=O)[C@@]1(CCC(=O)OC(C)(C)C)N=C(c2ccc(OCCCO)cc2)O[C@H]1c1cccc(OC)c1. The number of methoxy groups -OCH3 is 1. The number of hydrogen-bond donors (Lipinski definition) is 3. The molecule has 224 valence electrons. The van der Waals surface area contributed by atoms with Crippen LogP contribution >= 0.6 is 0 Å². The Balaban J connectivity index is 2.01. The number of aliphatic imine (C=N–C) groups is 1. The Labute approximate surface area is 242 Å². The van der Waals surface area contributed by atoms with Crippen LogP contribution in [-0.4, -0.2) is 60.9 Å². The summed E-state index contributed by atoms with van der Waals surface area (Å²) in [6.45, 7) is 8.50. The first kappa shape index (κ1) is 31.9. The number of carbonyl (C=O) groups is 2. The molecule has 0 aliphatic carbocycles. The third-order valence-corrected chi connectivity index (χ3v) is 6.41. The Morgan fingerprint density at radius 2 is 1.85 bits per heavy atom. The molecule has 0 saturated heterocycles. The van der Waals surface area contributed by atoms with E-state index in [-0.39, 0.29) is 25.3 Å². The van der Waals surface area contributed by atoms with Crippen LogP contribution in [0.2, 0.25) is 0 Å². The van der Waals surface area contributed by atoms with Crippen LogP contribution < -0.4 is 20.3 Å². The van der Waals surface area contributed by atoms with Gasteiger partial charge in [0, 0.05) is 31.6 Å². The normalized spacial score (nSPS) is 18.3. The van der Waals surface area contributed by atoms with Crippen LogP contribution in [0, 0.1) is 0 Å². The van der Waals surface area contributed by atoms with Crippen molar-refractivity contribution >= 4 is 17.8 Å². The molecule has 2 atom stereocenters. The van der Waals surface area contributed by atoms with Crippen LogP contribution in [-0.2, 0) is 19.1 Å². The van der Waals surface area contributed by atoms with Gasteiger partial charge < -0.3 is 24.1 Å². The number of nitrogens with zero attached hydrogens (tertiary/aromatic N) is 1. The zero-order valence-electron chi connectivity index (χ0n) is 24.7.